The first-order chi connectivity index (χ1) is 6.37. The van der Waals surface area contributed by atoms with E-state index in [0.717, 1.165) is 12.8 Å². The number of hydrogen-bond donors (Lipinski definition) is 0. The third-order valence-electron chi connectivity index (χ3n) is 3.53. The van der Waals surface area contributed by atoms with E-state index >= 15 is 0 Å². The Morgan fingerprint density at radius 2 is 2.07 bits per heavy atom. The van der Waals surface area contributed by atoms with Crippen molar-refractivity contribution >= 4 is 5.97 Å². The molecule has 0 bridgehead atoms. The van der Waals surface area contributed by atoms with E-state index in [4.69, 9.17) is 4.74 Å². The molecule has 1 saturated carbocycles. The molecule has 2 nitrogen and oxygen atoms in total. The third-order valence-corrected chi connectivity index (χ3v) is 3.53. The lowest BCUT2D eigenvalue weighted by atomic mass is 9.85. The van der Waals surface area contributed by atoms with Crippen molar-refractivity contribution < 1.29 is 9.53 Å². The number of esters is 1. The van der Waals surface area contributed by atoms with Gasteiger partial charge in [-0.3, -0.25) is 4.79 Å². The average molecular weight is 196 g/mol. The maximum Gasteiger partial charge on any atom is 0.303 e. The van der Waals surface area contributed by atoms with Crippen molar-refractivity contribution in [3.8, 4) is 0 Å². The van der Waals surface area contributed by atoms with Crippen LogP contribution in [0.15, 0.2) is 12.2 Å². The van der Waals surface area contributed by atoms with E-state index in [0.29, 0.717) is 11.8 Å². The summed E-state index contributed by atoms with van der Waals surface area (Å²) in [6, 6.07) is 0. The fraction of sp³-hybridized carbons (Fsp3) is 0.750. The molecule has 0 spiro atoms. The molecule has 0 aromatic rings. The largest absolute Gasteiger partial charge is 0.459 e. The summed E-state index contributed by atoms with van der Waals surface area (Å²) in [5.41, 5.74) is 0.920. The summed E-state index contributed by atoms with van der Waals surface area (Å²) in [7, 11) is 0. The van der Waals surface area contributed by atoms with Gasteiger partial charge in [0.2, 0.25) is 0 Å². The Morgan fingerprint density at radius 1 is 1.50 bits per heavy atom. The zero-order chi connectivity index (χ0) is 10.9. The summed E-state index contributed by atoms with van der Waals surface area (Å²) >= 11 is 0. The second kappa shape index (κ2) is 3.76. The number of carbonyl (C=O) groups is 1. The molecule has 80 valence electrons. The van der Waals surface area contributed by atoms with E-state index in [-0.39, 0.29) is 11.6 Å². The molecule has 1 fully saturated rings. The Morgan fingerprint density at radius 3 is 2.43 bits per heavy atom. The Labute approximate surface area is 86.3 Å². The third kappa shape index (κ3) is 1.99. The molecular formula is C12H20O2. The van der Waals surface area contributed by atoms with Crippen molar-refractivity contribution in [2.24, 2.45) is 11.8 Å². The molecule has 0 heterocycles. The monoisotopic (exact) mass is 196 g/mol. The lowest BCUT2D eigenvalue weighted by Gasteiger charge is -2.31. The van der Waals surface area contributed by atoms with Crippen molar-refractivity contribution in [1.29, 1.82) is 0 Å². The molecule has 0 unspecified atom stereocenters. The molecule has 0 N–H and O–H groups in total. The molecule has 3 atom stereocenters. The van der Waals surface area contributed by atoms with Gasteiger partial charge in [-0.05, 0) is 32.6 Å². The van der Waals surface area contributed by atoms with Gasteiger partial charge in [0.1, 0.15) is 5.60 Å². The highest BCUT2D eigenvalue weighted by Crippen LogP contribution is 2.45. The van der Waals surface area contributed by atoms with E-state index in [1.165, 1.54) is 12.5 Å². The van der Waals surface area contributed by atoms with Crippen molar-refractivity contribution in [2.75, 3.05) is 0 Å². The van der Waals surface area contributed by atoms with Crippen LogP contribution >= 0.6 is 0 Å². The first-order valence-electron chi connectivity index (χ1n) is 5.22. The molecule has 14 heavy (non-hydrogen) atoms. The predicted octanol–water partition coefficient (Wildman–Crippen LogP) is 2.93. The van der Waals surface area contributed by atoms with Crippen LogP contribution in [-0.4, -0.2) is 11.6 Å². The van der Waals surface area contributed by atoms with Crippen LogP contribution in [0.4, 0.5) is 0 Å². The highest BCUT2D eigenvalue weighted by atomic mass is 16.6. The molecule has 0 aromatic carbocycles. The smallest absolute Gasteiger partial charge is 0.303 e. The minimum absolute atomic E-state index is 0.179. The van der Waals surface area contributed by atoms with Crippen LogP contribution in [0.3, 0.4) is 0 Å². The van der Waals surface area contributed by atoms with Crippen LogP contribution in [0, 0.1) is 11.8 Å². The molecule has 0 saturated heterocycles. The van der Waals surface area contributed by atoms with Gasteiger partial charge in [0, 0.05) is 12.8 Å². The van der Waals surface area contributed by atoms with Gasteiger partial charge in [-0.2, -0.15) is 0 Å². The van der Waals surface area contributed by atoms with E-state index < -0.39 is 0 Å². The fourth-order valence-electron chi connectivity index (χ4n) is 2.49. The average Bonchev–Trinajstić information content (AvgIpc) is 2.27. The Hall–Kier alpha value is -0.790. The van der Waals surface area contributed by atoms with Gasteiger partial charge >= 0.3 is 5.97 Å². The summed E-state index contributed by atoms with van der Waals surface area (Å²) in [6.45, 7) is 11.7. The highest BCUT2D eigenvalue weighted by Gasteiger charge is 2.44. The molecule has 0 aliphatic heterocycles. The molecule has 1 aliphatic rings. The van der Waals surface area contributed by atoms with E-state index in [1.54, 1.807) is 0 Å². The Kier molecular flexibility index (Phi) is 3.03. The lowest BCUT2D eigenvalue weighted by Crippen LogP contribution is -2.35. The molecule has 1 aliphatic carbocycles. The number of rotatable bonds is 2. The number of allylic oxidation sites excluding steroid dienone is 1. The summed E-state index contributed by atoms with van der Waals surface area (Å²) in [6.07, 6.45) is 2.03. The predicted molar refractivity (Wildman–Crippen MR) is 56.9 cm³/mol. The zero-order valence-electron chi connectivity index (χ0n) is 9.59. The van der Waals surface area contributed by atoms with Crippen LogP contribution in [0.5, 0.6) is 0 Å². The normalized spacial score (nSPS) is 36.9. The minimum Gasteiger partial charge on any atom is -0.459 e. The van der Waals surface area contributed by atoms with Crippen LogP contribution in [-0.2, 0) is 9.53 Å². The second-order valence-electron chi connectivity index (χ2n) is 4.69. The maximum atomic E-state index is 11.0. The first kappa shape index (κ1) is 11.3. The molecule has 1 rings (SSSR count). The van der Waals surface area contributed by atoms with Crippen LogP contribution in [0.25, 0.3) is 0 Å². The van der Waals surface area contributed by atoms with Crippen molar-refractivity contribution in [2.45, 2.75) is 46.1 Å². The topological polar surface area (TPSA) is 26.3 Å². The van der Waals surface area contributed by atoms with Gasteiger partial charge in [-0.1, -0.05) is 19.1 Å². The molecule has 2 heteroatoms. The minimum atomic E-state index is -0.282. The number of carbonyl (C=O) groups excluding carboxylic acids is 1. The maximum absolute atomic E-state index is 11.0. The van der Waals surface area contributed by atoms with E-state index in [1.807, 2.05) is 6.92 Å². The Bertz CT molecular complexity index is 257. The molecule has 0 aromatic heterocycles. The first-order valence-corrected chi connectivity index (χ1v) is 5.22. The van der Waals surface area contributed by atoms with Crippen LogP contribution in [0.1, 0.15) is 40.5 Å². The van der Waals surface area contributed by atoms with Gasteiger partial charge in [-0.25, -0.2) is 0 Å². The van der Waals surface area contributed by atoms with Crippen molar-refractivity contribution in [1.82, 2.24) is 0 Å². The van der Waals surface area contributed by atoms with Gasteiger partial charge < -0.3 is 4.74 Å². The van der Waals surface area contributed by atoms with E-state index in [2.05, 4.69) is 20.4 Å². The zero-order valence-corrected chi connectivity index (χ0v) is 9.59. The van der Waals surface area contributed by atoms with Crippen LogP contribution in [0.2, 0.25) is 0 Å². The highest BCUT2D eigenvalue weighted by molar-refractivity contribution is 5.66. The summed E-state index contributed by atoms with van der Waals surface area (Å²) < 4.78 is 5.41. The summed E-state index contributed by atoms with van der Waals surface area (Å²) in [5, 5.41) is 0. The fourth-order valence-corrected chi connectivity index (χ4v) is 2.49. The molecule has 0 amide bonds. The van der Waals surface area contributed by atoms with Crippen molar-refractivity contribution in [3.63, 3.8) is 0 Å². The number of ether oxygens (including phenoxy) is 1. The van der Waals surface area contributed by atoms with Crippen molar-refractivity contribution in [3.05, 3.63) is 12.2 Å². The van der Waals surface area contributed by atoms with Gasteiger partial charge in [0.15, 0.2) is 0 Å². The standard InChI is InChI=1S/C12H20O2/c1-8(2)11-6-7-12(5,9(11)3)14-10(4)13/h9,11H,1,6-7H2,2-5H3/t9-,11-,12-/m0/s1. The van der Waals surface area contributed by atoms with Gasteiger partial charge in [-0.15, -0.1) is 0 Å². The van der Waals surface area contributed by atoms with E-state index in [9.17, 15) is 4.79 Å². The van der Waals surface area contributed by atoms with Gasteiger partial charge in [0.25, 0.3) is 0 Å². The number of hydrogen-bond acceptors (Lipinski definition) is 2. The SMILES string of the molecule is C=C(C)[C@@H]1CC[C@](C)(OC(C)=O)[C@H]1C. The second-order valence-corrected chi connectivity index (χ2v) is 4.69. The molecule has 0 radical (unpaired) electrons. The molecular weight excluding hydrogens is 176 g/mol. The van der Waals surface area contributed by atoms with Gasteiger partial charge in [0.05, 0.1) is 0 Å². The summed E-state index contributed by atoms with van der Waals surface area (Å²) in [4.78, 5) is 11.0. The Balaban J connectivity index is 2.75. The summed E-state index contributed by atoms with van der Waals surface area (Å²) in [5.74, 6) is 0.699. The lowest BCUT2D eigenvalue weighted by molar-refractivity contribution is -0.158. The van der Waals surface area contributed by atoms with Crippen LogP contribution < -0.4 is 0 Å². The quantitative estimate of drug-likeness (QED) is 0.501.